The molecular weight excluding hydrogens is 303 g/mol. The first-order chi connectivity index (χ1) is 10.8. The van der Waals surface area contributed by atoms with Crippen LogP contribution in [0.2, 0.25) is 0 Å². The number of benzene rings is 1. The van der Waals surface area contributed by atoms with Crippen LogP contribution >= 0.6 is 0 Å². The molecule has 0 spiro atoms. The summed E-state index contributed by atoms with van der Waals surface area (Å²) in [5, 5.41) is 0. The maximum atomic E-state index is 14.0. The van der Waals surface area contributed by atoms with Gasteiger partial charge in [0.2, 0.25) is 0 Å². The highest BCUT2D eigenvalue weighted by Gasteiger charge is 2.38. The number of ether oxygens (including phenoxy) is 1. The van der Waals surface area contributed by atoms with Crippen molar-refractivity contribution >= 4 is 12.1 Å². The van der Waals surface area contributed by atoms with Gasteiger partial charge in [-0.15, -0.1) is 5.48 Å². The number of amides is 1. The van der Waals surface area contributed by atoms with Crippen molar-refractivity contribution in [3.05, 3.63) is 35.9 Å². The number of hydrogen-bond donors (Lipinski definition) is 1. The summed E-state index contributed by atoms with van der Waals surface area (Å²) in [6.45, 7) is 5.19. The Balaban J connectivity index is 1.85. The summed E-state index contributed by atoms with van der Waals surface area (Å²) < 4.78 is 19.2. The van der Waals surface area contributed by atoms with Gasteiger partial charge in [0.1, 0.15) is 11.8 Å². The van der Waals surface area contributed by atoms with Crippen molar-refractivity contribution < 1.29 is 23.6 Å². The summed E-state index contributed by atoms with van der Waals surface area (Å²) in [4.78, 5) is 29.9. The Morgan fingerprint density at radius 1 is 1.22 bits per heavy atom. The Morgan fingerprint density at radius 2 is 1.87 bits per heavy atom. The SMILES string of the molecule is CC(C)(C)OC(=O)N1CC(F)C(NOC(=O)c2ccccc2)C1. The average Bonchev–Trinajstić information content (AvgIpc) is 2.85. The highest BCUT2D eigenvalue weighted by atomic mass is 19.1. The number of nitrogens with one attached hydrogen (secondary N) is 1. The second kappa shape index (κ2) is 6.95. The smallest absolute Gasteiger partial charge is 0.410 e. The van der Waals surface area contributed by atoms with E-state index in [1.54, 1.807) is 51.1 Å². The van der Waals surface area contributed by atoms with Crippen molar-refractivity contribution in [2.24, 2.45) is 0 Å². The van der Waals surface area contributed by atoms with E-state index in [0.29, 0.717) is 5.56 Å². The van der Waals surface area contributed by atoms with Gasteiger partial charge in [-0.1, -0.05) is 18.2 Å². The largest absolute Gasteiger partial charge is 0.444 e. The Kier molecular flexibility index (Phi) is 5.20. The van der Waals surface area contributed by atoms with Crippen molar-refractivity contribution in [2.45, 2.75) is 38.6 Å². The highest BCUT2D eigenvalue weighted by molar-refractivity contribution is 5.89. The quantitative estimate of drug-likeness (QED) is 0.864. The molecule has 1 heterocycles. The van der Waals surface area contributed by atoms with E-state index >= 15 is 0 Å². The maximum Gasteiger partial charge on any atom is 0.410 e. The molecule has 23 heavy (non-hydrogen) atoms. The second-order valence-corrected chi connectivity index (χ2v) is 6.38. The maximum absolute atomic E-state index is 14.0. The van der Waals surface area contributed by atoms with Crippen LogP contribution < -0.4 is 5.48 Å². The minimum absolute atomic E-state index is 0.0676. The molecule has 0 aliphatic carbocycles. The lowest BCUT2D eigenvalue weighted by molar-refractivity contribution is 0.00972. The van der Waals surface area contributed by atoms with Gasteiger partial charge < -0.3 is 14.5 Å². The minimum Gasteiger partial charge on any atom is -0.444 e. The van der Waals surface area contributed by atoms with Gasteiger partial charge in [0.05, 0.1) is 18.2 Å². The molecule has 2 unspecified atom stereocenters. The molecule has 1 aromatic carbocycles. The predicted octanol–water partition coefficient (Wildman–Crippen LogP) is 2.31. The molecule has 1 saturated heterocycles. The van der Waals surface area contributed by atoms with E-state index in [0.717, 1.165) is 0 Å². The lowest BCUT2D eigenvalue weighted by Gasteiger charge is -2.24. The van der Waals surface area contributed by atoms with Gasteiger partial charge in [0.25, 0.3) is 0 Å². The van der Waals surface area contributed by atoms with Crippen LogP contribution in [0.15, 0.2) is 30.3 Å². The predicted molar refractivity (Wildman–Crippen MR) is 81.5 cm³/mol. The van der Waals surface area contributed by atoms with Gasteiger partial charge in [-0.2, -0.15) is 0 Å². The van der Waals surface area contributed by atoms with E-state index in [9.17, 15) is 14.0 Å². The summed E-state index contributed by atoms with van der Waals surface area (Å²) in [7, 11) is 0. The zero-order valence-corrected chi connectivity index (χ0v) is 13.4. The van der Waals surface area contributed by atoms with Gasteiger partial charge in [-0.25, -0.2) is 14.0 Å². The summed E-state index contributed by atoms with van der Waals surface area (Å²) in [6.07, 6.45) is -1.93. The second-order valence-electron chi connectivity index (χ2n) is 6.38. The summed E-state index contributed by atoms with van der Waals surface area (Å²) in [5.74, 6) is -0.603. The normalized spacial score (nSPS) is 21.1. The van der Waals surface area contributed by atoms with E-state index in [1.807, 2.05) is 0 Å². The highest BCUT2D eigenvalue weighted by Crippen LogP contribution is 2.18. The van der Waals surface area contributed by atoms with Gasteiger partial charge in [-0.3, -0.25) is 0 Å². The van der Waals surface area contributed by atoms with E-state index in [2.05, 4.69) is 5.48 Å². The van der Waals surface area contributed by atoms with E-state index in [4.69, 9.17) is 9.57 Å². The number of likely N-dealkylation sites (tertiary alicyclic amines) is 1. The molecule has 0 bridgehead atoms. The molecule has 1 aliphatic heterocycles. The van der Waals surface area contributed by atoms with Crippen molar-refractivity contribution in [3.63, 3.8) is 0 Å². The number of nitrogens with zero attached hydrogens (tertiary/aromatic N) is 1. The Morgan fingerprint density at radius 3 is 2.48 bits per heavy atom. The van der Waals surface area contributed by atoms with Crippen molar-refractivity contribution in [2.75, 3.05) is 13.1 Å². The fraction of sp³-hybridized carbons (Fsp3) is 0.500. The molecule has 6 nitrogen and oxygen atoms in total. The lowest BCUT2D eigenvalue weighted by Crippen LogP contribution is -2.40. The average molecular weight is 324 g/mol. The third-order valence-corrected chi connectivity index (χ3v) is 3.21. The molecule has 1 N–H and O–H groups in total. The molecule has 1 fully saturated rings. The topological polar surface area (TPSA) is 67.9 Å². The molecule has 0 aromatic heterocycles. The molecule has 1 aliphatic rings. The summed E-state index contributed by atoms with van der Waals surface area (Å²) in [6, 6.07) is 7.59. The van der Waals surface area contributed by atoms with Crippen molar-refractivity contribution in [3.8, 4) is 0 Å². The molecule has 0 saturated carbocycles. The van der Waals surface area contributed by atoms with Crippen LogP contribution in [0.25, 0.3) is 0 Å². The molecule has 1 amide bonds. The molecule has 126 valence electrons. The van der Waals surface area contributed by atoms with Crippen molar-refractivity contribution in [1.82, 2.24) is 10.4 Å². The number of carbonyl (C=O) groups excluding carboxylic acids is 2. The van der Waals surface area contributed by atoms with Gasteiger partial charge in [-0.05, 0) is 32.9 Å². The molecular formula is C16H21FN2O4. The van der Waals surface area contributed by atoms with Gasteiger partial charge in [0, 0.05) is 6.54 Å². The fourth-order valence-electron chi connectivity index (χ4n) is 2.11. The Bertz CT molecular complexity index is 559. The molecule has 2 atom stereocenters. The van der Waals surface area contributed by atoms with Crippen LogP contribution in [-0.2, 0) is 9.57 Å². The standard InChI is InChI=1S/C16H21FN2O4/c1-16(2,3)22-15(21)19-9-12(17)13(10-19)18-23-14(20)11-7-5-4-6-8-11/h4-8,12-13,18H,9-10H2,1-3H3. The number of carbonyl (C=O) groups is 2. The molecule has 2 rings (SSSR count). The van der Waals surface area contributed by atoms with Crippen LogP contribution in [0, 0.1) is 0 Å². The van der Waals surface area contributed by atoms with Gasteiger partial charge >= 0.3 is 12.1 Å². The number of halogens is 1. The Hall–Kier alpha value is -2.15. The minimum atomic E-state index is -1.34. The molecule has 0 radical (unpaired) electrons. The summed E-state index contributed by atoms with van der Waals surface area (Å²) >= 11 is 0. The first-order valence-corrected chi connectivity index (χ1v) is 7.40. The lowest BCUT2D eigenvalue weighted by atomic mass is 10.2. The van der Waals surface area contributed by atoms with Crippen LogP contribution in [0.5, 0.6) is 0 Å². The van der Waals surface area contributed by atoms with Crippen LogP contribution in [0.1, 0.15) is 31.1 Å². The van der Waals surface area contributed by atoms with Crippen LogP contribution in [0.3, 0.4) is 0 Å². The third kappa shape index (κ3) is 4.92. The fourth-order valence-corrected chi connectivity index (χ4v) is 2.11. The number of rotatable bonds is 3. The monoisotopic (exact) mass is 324 g/mol. The first kappa shape index (κ1) is 17.2. The molecule has 1 aromatic rings. The zero-order chi connectivity index (χ0) is 17.0. The molecule has 7 heteroatoms. The van der Waals surface area contributed by atoms with Crippen molar-refractivity contribution in [1.29, 1.82) is 0 Å². The van der Waals surface area contributed by atoms with E-state index < -0.39 is 29.9 Å². The Labute approximate surface area is 134 Å². The van der Waals surface area contributed by atoms with Gasteiger partial charge in [0.15, 0.2) is 0 Å². The zero-order valence-electron chi connectivity index (χ0n) is 13.4. The number of hydroxylamine groups is 1. The number of hydrogen-bond acceptors (Lipinski definition) is 5. The third-order valence-electron chi connectivity index (χ3n) is 3.21. The van der Waals surface area contributed by atoms with Crippen LogP contribution in [0.4, 0.5) is 9.18 Å². The number of alkyl halides is 1. The van der Waals surface area contributed by atoms with E-state index in [1.165, 1.54) is 4.90 Å². The first-order valence-electron chi connectivity index (χ1n) is 7.40. The van der Waals surface area contributed by atoms with Crippen LogP contribution in [-0.4, -0.2) is 47.9 Å². The summed E-state index contributed by atoms with van der Waals surface area (Å²) in [5.41, 5.74) is 2.12. The van der Waals surface area contributed by atoms with E-state index in [-0.39, 0.29) is 13.1 Å².